The number of nitrogen functional groups attached to an aromatic ring is 1. The molecule has 54 heavy (non-hydrogen) atoms. The van der Waals surface area contributed by atoms with Crippen molar-refractivity contribution in [1.29, 1.82) is 10.7 Å². The minimum absolute atomic E-state index is 0.488. The number of nitrogens with two attached hydrogens (primary N) is 1. The highest BCUT2D eigenvalue weighted by atomic mass is 15.0. The number of nitriles is 1. The third-order valence-electron chi connectivity index (χ3n) is 10.8. The van der Waals surface area contributed by atoms with Crippen LogP contribution in [0, 0.1) is 16.7 Å². The molecule has 0 atom stereocenters. The summed E-state index contributed by atoms with van der Waals surface area (Å²) in [5.41, 5.74) is 18.3. The maximum atomic E-state index is 9.27. The smallest absolute Gasteiger partial charge is 0.0991 e. The van der Waals surface area contributed by atoms with Crippen molar-refractivity contribution in [2.75, 3.05) is 5.73 Å². The minimum atomic E-state index is 0.488. The molecule has 1 heterocycles. The monoisotopic (exact) mass is 694 g/mol. The summed E-state index contributed by atoms with van der Waals surface area (Å²) in [4.78, 5) is 0. The second-order valence-electron chi connectivity index (χ2n) is 14.0. The van der Waals surface area contributed by atoms with E-state index in [0.717, 1.165) is 59.3 Å². The van der Waals surface area contributed by atoms with Crippen LogP contribution in [-0.4, -0.2) is 10.3 Å². The Balaban J connectivity index is 0.000000169. The fraction of sp³-hybridized carbons (Fsp3) is 0.0800. The SMILES string of the molecule is N#Cc1cccc(C(=N)C2=CC(c3ccccc3-n3c4ccccc4c4ccccc43)=CCC2)c1.Nc1ccc2c(c1)c1c(c3ccccc32)CCC=C1. The summed E-state index contributed by atoms with van der Waals surface area (Å²) in [6.07, 6.45) is 12.9. The first kappa shape index (κ1) is 32.9. The maximum Gasteiger partial charge on any atom is 0.0991 e. The Kier molecular flexibility index (Phi) is 8.46. The van der Waals surface area contributed by atoms with Crippen molar-refractivity contribution >= 4 is 66.4 Å². The molecule has 2 aliphatic rings. The van der Waals surface area contributed by atoms with E-state index in [1.54, 1.807) is 12.1 Å². The molecule has 0 bridgehead atoms. The third kappa shape index (κ3) is 5.77. The molecule has 0 saturated carbocycles. The van der Waals surface area contributed by atoms with Crippen LogP contribution in [0.15, 0.2) is 163 Å². The highest BCUT2D eigenvalue weighted by Gasteiger charge is 2.19. The number of para-hydroxylation sites is 3. The molecule has 4 nitrogen and oxygen atoms in total. The van der Waals surface area contributed by atoms with E-state index in [1.165, 1.54) is 54.5 Å². The summed E-state index contributed by atoms with van der Waals surface area (Å²) in [6.45, 7) is 0. The largest absolute Gasteiger partial charge is 0.399 e. The quantitative estimate of drug-likeness (QED) is 0.109. The van der Waals surface area contributed by atoms with Gasteiger partial charge < -0.3 is 10.3 Å². The molecule has 0 amide bonds. The van der Waals surface area contributed by atoms with E-state index in [4.69, 9.17) is 11.1 Å². The molecule has 10 rings (SSSR count). The molecule has 0 spiro atoms. The molecule has 0 saturated heterocycles. The van der Waals surface area contributed by atoms with Gasteiger partial charge >= 0.3 is 0 Å². The number of nitrogens with one attached hydrogen (secondary N) is 1. The topological polar surface area (TPSA) is 78.6 Å². The zero-order chi connectivity index (χ0) is 36.6. The number of allylic oxidation sites excluding steroid dienone is 5. The standard InChI is InChI=1S/C32H23N3.C18H15N/c33-21-22-9-7-11-24(19-22)32(34)25-12-8-10-23(20-25)26-13-1-4-16-29(26)35-30-17-5-2-14-27(30)28-15-3-6-18-31(28)35;19-12-9-10-17-15-7-2-1-5-13(15)14-6-3-4-8-16(14)18(17)11-12/h1-7,9-11,13-20,34H,8,12H2;1-2,4-5,7-11H,3,6,19H2. The highest BCUT2D eigenvalue weighted by molar-refractivity contribution is 6.14. The van der Waals surface area contributed by atoms with Crippen LogP contribution in [0.2, 0.25) is 0 Å². The van der Waals surface area contributed by atoms with Crippen molar-refractivity contribution in [1.82, 2.24) is 4.57 Å². The number of nitrogens with zero attached hydrogens (tertiary/aromatic N) is 2. The van der Waals surface area contributed by atoms with E-state index in [0.29, 0.717) is 11.3 Å². The first-order chi connectivity index (χ1) is 26.6. The van der Waals surface area contributed by atoms with Crippen molar-refractivity contribution in [2.24, 2.45) is 0 Å². The molecule has 1 aromatic heterocycles. The van der Waals surface area contributed by atoms with Crippen LogP contribution in [0.4, 0.5) is 5.69 Å². The summed E-state index contributed by atoms with van der Waals surface area (Å²) >= 11 is 0. The maximum absolute atomic E-state index is 9.27. The minimum Gasteiger partial charge on any atom is -0.399 e. The van der Waals surface area contributed by atoms with Crippen molar-refractivity contribution < 1.29 is 0 Å². The molecule has 8 aromatic rings. The van der Waals surface area contributed by atoms with Crippen molar-refractivity contribution in [3.8, 4) is 11.8 Å². The van der Waals surface area contributed by atoms with Gasteiger partial charge in [-0.1, -0.05) is 115 Å². The van der Waals surface area contributed by atoms with E-state index in [-0.39, 0.29) is 0 Å². The molecule has 2 aliphatic carbocycles. The number of aromatic nitrogens is 1. The molecular formula is C50H38N4. The van der Waals surface area contributed by atoms with Crippen LogP contribution < -0.4 is 5.73 Å². The lowest BCUT2D eigenvalue weighted by Crippen LogP contribution is -2.07. The normalized spacial score (nSPS) is 13.5. The van der Waals surface area contributed by atoms with Gasteiger partial charge in [-0.15, -0.1) is 0 Å². The Bertz CT molecular complexity index is 2880. The lowest BCUT2D eigenvalue weighted by molar-refractivity contribution is 1.00. The molecule has 3 N–H and O–H groups in total. The zero-order valence-corrected chi connectivity index (χ0v) is 29.9. The van der Waals surface area contributed by atoms with Crippen LogP contribution in [0.3, 0.4) is 0 Å². The van der Waals surface area contributed by atoms with Gasteiger partial charge in [-0.2, -0.15) is 5.26 Å². The van der Waals surface area contributed by atoms with Gasteiger partial charge in [0.1, 0.15) is 0 Å². The molecule has 258 valence electrons. The summed E-state index contributed by atoms with van der Waals surface area (Å²) in [6, 6.07) is 50.1. The van der Waals surface area contributed by atoms with Crippen LogP contribution in [-0.2, 0) is 6.42 Å². The van der Waals surface area contributed by atoms with Crippen molar-refractivity contribution in [3.63, 3.8) is 0 Å². The molecule has 0 unspecified atom stereocenters. The van der Waals surface area contributed by atoms with Gasteiger partial charge in [0, 0.05) is 27.6 Å². The number of hydrogen-bond donors (Lipinski definition) is 2. The van der Waals surface area contributed by atoms with Crippen molar-refractivity contribution in [3.05, 3.63) is 191 Å². The number of benzene rings is 7. The van der Waals surface area contributed by atoms with Crippen LogP contribution >= 0.6 is 0 Å². The molecule has 7 aromatic carbocycles. The Labute approximate surface area is 314 Å². The second kappa shape index (κ2) is 13.9. The van der Waals surface area contributed by atoms with Crippen LogP contribution in [0.25, 0.3) is 60.7 Å². The predicted molar refractivity (Wildman–Crippen MR) is 227 cm³/mol. The second-order valence-corrected chi connectivity index (χ2v) is 14.0. The average Bonchev–Trinajstić information content (AvgIpc) is 3.58. The fourth-order valence-electron chi connectivity index (χ4n) is 8.31. The number of aryl methyl sites for hydroxylation is 1. The first-order valence-corrected chi connectivity index (χ1v) is 18.6. The van der Waals surface area contributed by atoms with E-state index < -0.39 is 0 Å². The Hall–Kier alpha value is -6.96. The van der Waals surface area contributed by atoms with Gasteiger partial charge in [-0.25, -0.2) is 0 Å². The van der Waals surface area contributed by atoms with E-state index in [9.17, 15) is 5.26 Å². The Morgan fingerprint density at radius 1 is 0.648 bits per heavy atom. The Morgan fingerprint density at radius 2 is 1.33 bits per heavy atom. The summed E-state index contributed by atoms with van der Waals surface area (Å²) in [5.74, 6) is 0. The lowest BCUT2D eigenvalue weighted by atomic mass is 9.87. The van der Waals surface area contributed by atoms with E-state index >= 15 is 0 Å². The number of hydrogen-bond acceptors (Lipinski definition) is 3. The number of rotatable bonds is 4. The molecule has 0 aliphatic heterocycles. The van der Waals surface area contributed by atoms with E-state index in [1.807, 2.05) is 18.2 Å². The van der Waals surface area contributed by atoms with Gasteiger partial charge in [0.2, 0.25) is 0 Å². The molecule has 0 fully saturated rings. The Morgan fingerprint density at radius 3 is 2.11 bits per heavy atom. The summed E-state index contributed by atoms with van der Waals surface area (Å²) in [7, 11) is 0. The van der Waals surface area contributed by atoms with E-state index in [2.05, 4.69) is 144 Å². The van der Waals surface area contributed by atoms with Gasteiger partial charge in [0.25, 0.3) is 0 Å². The van der Waals surface area contributed by atoms with Crippen LogP contribution in [0.5, 0.6) is 0 Å². The summed E-state index contributed by atoms with van der Waals surface area (Å²) < 4.78 is 2.35. The van der Waals surface area contributed by atoms with Gasteiger partial charge in [-0.3, -0.25) is 5.41 Å². The predicted octanol–water partition coefficient (Wildman–Crippen LogP) is 12.4. The number of fused-ring (bicyclic) bond motifs is 9. The molecule has 4 heteroatoms. The third-order valence-corrected chi connectivity index (χ3v) is 10.8. The van der Waals surface area contributed by atoms with Gasteiger partial charge in [0.05, 0.1) is 34.1 Å². The van der Waals surface area contributed by atoms with Gasteiger partial charge in [-0.05, 0) is 118 Å². The first-order valence-electron chi connectivity index (χ1n) is 18.6. The van der Waals surface area contributed by atoms with Gasteiger partial charge in [0.15, 0.2) is 0 Å². The molecular weight excluding hydrogens is 657 g/mol. The molecule has 0 radical (unpaired) electrons. The zero-order valence-electron chi connectivity index (χ0n) is 29.9. The highest BCUT2D eigenvalue weighted by Crippen LogP contribution is 2.38. The van der Waals surface area contributed by atoms with Crippen LogP contribution in [0.1, 0.15) is 47.1 Å². The number of anilines is 1. The van der Waals surface area contributed by atoms with Crippen molar-refractivity contribution in [2.45, 2.75) is 25.7 Å². The fourth-order valence-corrected chi connectivity index (χ4v) is 8.31. The lowest BCUT2D eigenvalue weighted by Gasteiger charge is -2.19. The summed E-state index contributed by atoms with van der Waals surface area (Å²) in [5, 5.41) is 25.9. The average molecular weight is 695 g/mol.